The molecule has 0 unspecified atom stereocenters. The van der Waals surface area contributed by atoms with Gasteiger partial charge >= 0.3 is 0 Å². The van der Waals surface area contributed by atoms with Crippen LogP contribution in [0.2, 0.25) is 0 Å². The summed E-state index contributed by atoms with van der Waals surface area (Å²) in [4.78, 5) is 32.5. The molecule has 36 heavy (non-hydrogen) atoms. The zero-order valence-electron chi connectivity index (χ0n) is 19.9. The Balaban J connectivity index is 1.47. The Kier molecular flexibility index (Phi) is 6.88. The second-order valence-electron chi connectivity index (χ2n) is 8.10. The number of hydrogen-bond acceptors (Lipinski definition) is 7. The minimum Gasteiger partial charge on any atom is -0.493 e. The van der Waals surface area contributed by atoms with Gasteiger partial charge in [-0.1, -0.05) is 23.5 Å². The summed E-state index contributed by atoms with van der Waals surface area (Å²) in [5, 5.41) is 0. The van der Waals surface area contributed by atoms with Crippen LogP contribution in [0.1, 0.15) is 26.7 Å². The Morgan fingerprint density at radius 1 is 1.00 bits per heavy atom. The molecule has 1 aliphatic rings. The molecule has 0 saturated carbocycles. The highest BCUT2D eigenvalue weighted by molar-refractivity contribution is 7.16. The SMILES string of the molecule is COc1ccc(C(=O)N=c2sc3ccccc3n2Cc2ccc(C(=O)N3CCOCC3)o2)cc1OC. The maximum Gasteiger partial charge on any atom is 0.289 e. The molecule has 4 aromatic rings. The zero-order valence-corrected chi connectivity index (χ0v) is 20.7. The van der Waals surface area contributed by atoms with Crippen LogP contribution in [0.4, 0.5) is 0 Å². The van der Waals surface area contributed by atoms with Crippen molar-refractivity contribution in [2.75, 3.05) is 40.5 Å². The molecule has 2 aromatic heterocycles. The molecule has 0 spiro atoms. The van der Waals surface area contributed by atoms with Crippen LogP contribution in [0.25, 0.3) is 10.2 Å². The molecular formula is C26H25N3O6S. The lowest BCUT2D eigenvalue weighted by atomic mass is 10.2. The average Bonchev–Trinajstić information content (AvgIpc) is 3.53. The van der Waals surface area contributed by atoms with E-state index in [2.05, 4.69) is 4.99 Å². The van der Waals surface area contributed by atoms with Crippen LogP contribution >= 0.6 is 11.3 Å². The molecule has 2 aromatic carbocycles. The highest BCUT2D eigenvalue weighted by atomic mass is 32.1. The predicted molar refractivity (Wildman–Crippen MR) is 134 cm³/mol. The first-order chi connectivity index (χ1) is 17.6. The van der Waals surface area contributed by atoms with Gasteiger partial charge in [0.05, 0.1) is 44.2 Å². The molecule has 1 saturated heterocycles. The third-order valence-electron chi connectivity index (χ3n) is 5.90. The van der Waals surface area contributed by atoms with Gasteiger partial charge in [0.1, 0.15) is 5.76 Å². The van der Waals surface area contributed by atoms with E-state index in [1.807, 2.05) is 28.8 Å². The maximum atomic E-state index is 13.1. The lowest BCUT2D eigenvalue weighted by Crippen LogP contribution is -2.40. The van der Waals surface area contributed by atoms with Crippen LogP contribution in [-0.4, -0.2) is 61.8 Å². The Bertz CT molecular complexity index is 1480. The van der Waals surface area contributed by atoms with Crippen LogP contribution in [0.3, 0.4) is 0 Å². The van der Waals surface area contributed by atoms with Crippen molar-refractivity contribution in [1.29, 1.82) is 0 Å². The second-order valence-corrected chi connectivity index (χ2v) is 9.10. The smallest absolute Gasteiger partial charge is 0.289 e. The third-order valence-corrected chi connectivity index (χ3v) is 6.96. The Labute approximate surface area is 211 Å². The highest BCUT2D eigenvalue weighted by Gasteiger charge is 2.22. The van der Waals surface area contributed by atoms with Crippen LogP contribution in [0, 0.1) is 0 Å². The molecule has 1 aliphatic heterocycles. The molecule has 0 N–H and O–H groups in total. The van der Waals surface area contributed by atoms with E-state index >= 15 is 0 Å². The number of hydrogen-bond donors (Lipinski definition) is 0. The topological polar surface area (TPSA) is 95.5 Å². The van der Waals surface area contributed by atoms with Crippen LogP contribution in [-0.2, 0) is 11.3 Å². The van der Waals surface area contributed by atoms with Crippen LogP contribution in [0.15, 0.2) is 64.0 Å². The third kappa shape index (κ3) is 4.77. The first-order valence-corrected chi connectivity index (χ1v) is 12.2. The monoisotopic (exact) mass is 507 g/mol. The number of morpholine rings is 1. The van der Waals surface area contributed by atoms with Crippen molar-refractivity contribution >= 4 is 33.4 Å². The Morgan fingerprint density at radius 2 is 1.78 bits per heavy atom. The second kappa shape index (κ2) is 10.4. The molecule has 0 radical (unpaired) electrons. The van der Waals surface area contributed by atoms with E-state index in [1.165, 1.54) is 18.4 Å². The van der Waals surface area contributed by atoms with Gasteiger partial charge in [-0.25, -0.2) is 0 Å². The standard InChI is InChI=1S/C26H25N3O6S/c1-32-20-9-7-17(15-22(20)33-2)24(30)27-26-29(19-5-3-4-6-23(19)36-26)16-18-8-10-21(35-18)25(31)28-11-13-34-14-12-28/h3-10,15H,11-14,16H2,1-2H3. The van der Waals surface area contributed by atoms with Crippen molar-refractivity contribution in [2.45, 2.75) is 6.54 Å². The van der Waals surface area contributed by atoms with Gasteiger partial charge < -0.3 is 28.1 Å². The van der Waals surface area contributed by atoms with Crippen LogP contribution in [0.5, 0.6) is 11.5 Å². The normalized spacial score (nSPS) is 14.3. The summed E-state index contributed by atoms with van der Waals surface area (Å²) >= 11 is 1.41. The van der Waals surface area contributed by atoms with Gasteiger partial charge in [0.25, 0.3) is 11.8 Å². The van der Waals surface area contributed by atoms with E-state index in [0.717, 1.165) is 10.2 Å². The van der Waals surface area contributed by atoms with Crippen LogP contribution < -0.4 is 14.3 Å². The predicted octanol–water partition coefficient (Wildman–Crippen LogP) is 3.57. The fourth-order valence-corrected chi connectivity index (χ4v) is 5.06. The number of rotatable bonds is 6. The first-order valence-electron chi connectivity index (χ1n) is 11.4. The van der Waals surface area contributed by atoms with E-state index in [-0.39, 0.29) is 11.7 Å². The van der Waals surface area contributed by atoms with Gasteiger partial charge in [-0.2, -0.15) is 4.99 Å². The van der Waals surface area contributed by atoms with Gasteiger partial charge in [0.2, 0.25) is 0 Å². The Morgan fingerprint density at radius 3 is 2.56 bits per heavy atom. The lowest BCUT2D eigenvalue weighted by molar-refractivity contribution is 0.0281. The highest BCUT2D eigenvalue weighted by Crippen LogP contribution is 2.28. The van der Waals surface area contributed by atoms with Crippen molar-refractivity contribution in [2.24, 2.45) is 4.99 Å². The van der Waals surface area contributed by atoms with Crippen molar-refractivity contribution in [3.8, 4) is 11.5 Å². The molecule has 1 fully saturated rings. The molecule has 2 amide bonds. The van der Waals surface area contributed by atoms with Crippen molar-refractivity contribution in [1.82, 2.24) is 9.47 Å². The van der Waals surface area contributed by atoms with Crippen molar-refractivity contribution in [3.05, 3.63) is 76.5 Å². The van der Waals surface area contributed by atoms with E-state index in [9.17, 15) is 9.59 Å². The number of thiazole rings is 1. The van der Waals surface area contributed by atoms with E-state index in [1.54, 1.807) is 42.3 Å². The quantitative estimate of drug-likeness (QED) is 0.396. The molecule has 5 rings (SSSR count). The zero-order chi connectivity index (χ0) is 25.1. The number of benzene rings is 2. The first kappa shape index (κ1) is 23.8. The number of aromatic nitrogens is 1. The largest absolute Gasteiger partial charge is 0.493 e. The molecule has 9 nitrogen and oxygen atoms in total. The van der Waals surface area contributed by atoms with Crippen molar-refractivity contribution in [3.63, 3.8) is 0 Å². The number of carbonyl (C=O) groups excluding carboxylic acids is 2. The summed E-state index contributed by atoms with van der Waals surface area (Å²) < 4.78 is 24.7. The number of furan rings is 1. The number of amides is 2. The summed E-state index contributed by atoms with van der Waals surface area (Å²) in [6.45, 7) is 2.45. The Hall–Kier alpha value is -3.89. The van der Waals surface area contributed by atoms with E-state index < -0.39 is 5.91 Å². The lowest BCUT2D eigenvalue weighted by Gasteiger charge is -2.25. The summed E-state index contributed by atoms with van der Waals surface area (Å²) in [7, 11) is 3.06. The summed E-state index contributed by atoms with van der Waals surface area (Å²) in [6, 6.07) is 16.2. The molecular weight excluding hydrogens is 482 g/mol. The number of methoxy groups -OCH3 is 2. The number of carbonyl (C=O) groups is 2. The minimum absolute atomic E-state index is 0.154. The molecule has 3 heterocycles. The molecule has 0 atom stereocenters. The molecule has 10 heteroatoms. The van der Waals surface area contributed by atoms with Gasteiger partial charge in [-0.3, -0.25) is 9.59 Å². The maximum absolute atomic E-state index is 13.1. The molecule has 186 valence electrons. The van der Waals surface area contributed by atoms with Gasteiger partial charge in [0, 0.05) is 18.7 Å². The van der Waals surface area contributed by atoms with Crippen molar-refractivity contribution < 1.29 is 28.2 Å². The minimum atomic E-state index is -0.404. The summed E-state index contributed by atoms with van der Waals surface area (Å²) in [5.74, 6) is 1.31. The van der Waals surface area contributed by atoms with E-state index in [0.29, 0.717) is 60.5 Å². The van der Waals surface area contributed by atoms with Gasteiger partial charge in [-0.05, 0) is 42.5 Å². The molecule has 0 aliphatic carbocycles. The molecule has 0 bridgehead atoms. The number of fused-ring (bicyclic) bond motifs is 1. The van der Waals surface area contributed by atoms with Gasteiger partial charge in [0.15, 0.2) is 22.1 Å². The van der Waals surface area contributed by atoms with E-state index in [4.69, 9.17) is 18.6 Å². The fourth-order valence-electron chi connectivity index (χ4n) is 4.04. The number of ether oxygens (including phenoxy) is 3. The van der Waals surface area contributed by atoms with Gasteiger partial charge in [-0.15, -0.1) is 0 Å². The number of nitrogens with zero attached hydrogens (tertiary/aromatic N) is 3. The number of para-hydroxylation sites is 1. The fraction of sp³-hybridized carbons (Fsp3) is 0.269. The average molecular weight is 508 g/mol. The summed E-state index contributed by atoms with van der Waals surface area (Å²) in [6.07, 6.45) is 0. The summed E-state index contributed by atoms with van der Waals surface area (Å²) in [5.41, 5.74) is 1.30.